The molecule has 0 aliphatic carbocycles. The summed E-state index contributed by atoms with van der Waals surface area (Å²) >= 11 is 0. The summed E-state index contributed by atoms with van der Waals surface area (Å²) in [6.45, 7) is 12.5. The molecular formula is C17H23NO2. The molecule has 0 aliphatic rings. The first-order chi connectivity index (χ1) is 9.34. The van der Waals surface area contributed by atoms with E-state index in [9.17, 15) is 10.1 Å². The van der Waals surface area contributed by atoms with Gasteiger partial charge in [-0.25, -0.2) is 0 Å². The number of hydrogen-bond acceptors (Lipinski definition) is 3. The quantitative estimate of drug-likeness (QED) is 0.789. The largest absolute Gasteiger partial charge is 0.465 e. The molecule has 0 bridgehead atoms. The highest BCUT2D eigenvalue weighted by molar-refractivity contribution is 5.75. The van der Waals surface area contributed by atoms with Crippen molar-refractivity contribution in [1.29, 1.82) is 5.26 Å². The van der Waals surface area contributed by atoms with Gasteiger partial charge in [0.05, 0.1) is 12.7 Å². The van der Waals surface area contributed by atoms with E-state index in [0.29, 0.717) is 13.0 Å². The van der Waals surface area contributed by atoms with E-state index in [1.54, 1.807) is 6.92 Å². The average molecular weight is 273 g/mol. The normalized spacial score (nSPS) is 11.8. The van der Waals surface area contributed by atoms with Gasteiger partial charge < -0.3 is 4.74 Å². The Bertz CT molecular complexity index is 538. The zero-order valence-electron chi connectivity index (χ0n) is 13.3. The van der Waals surface area contributed by atoms with Crippen LogP contribution >= 0.6 is 0 Å². The summed E-state index contributed by atoms with van der Waals surface area (Å²) < 4.78 is 4.97. The number of carbonyl (C=O) groups excluding carboxylic acids is 1. The number of nitrogens with zero attached hydrogens (tertiary/aromatic N) is 1. The van der Waals surface area contributed by atoms with Gasteiger partial charge in [-0.05, 0) is 81.3 Å². The van der Waals surface area contributed by atoms with Crippen molar-refractivity contribution in [3.63, 3.8) is 0 Å². The summed E-state index contributed by atoms with van der Waals surface area (Å²) in [5, 5.41) is 9.21. The van der Waals surface area contributed by atoms with Crippen LogP contribution in [0.3, 0.4) is 0 Å². The van der Waals surface area contributed by atoms with E-state index in [1.807, 2.05) is 0 Å². The van der Waals surface area contributed by atoms with Gasteiger partial charge in [0, 0.05) is 0 Å². The van der Waals surface area contributed by atoms with Crippen molar-refractivity contribution in [2.75, 3.05) is 6.61 Å². The number of benzene rings is 1. The molecule has 1 aromatic carbocycles. The monoisotopic (exact) mass is 273 g/mol. The van der Waals surface area contributed by atoms with Gasteiger partial charge in [-0.1, -0.05) is 0 Å². The predicted octanol–water partition coefficient (Wildman–Crippen LogP) is 3.47. The zero-order chi connectivity index (χ0) is 15.4. The molecule has 0 radical (unpaired) electrons. The topological polar surface area (TPSA) is 50.1 Å². The molecular weight excluding hydrogens is 250 g/mol. The van der Waals surface area contributed by atoms with E-state index < -0.39 is 11.9 Å². The van der Waals surface area contributed by atoms with E-state index in [1.165, 1.54) is 27.8 Å². The van der Waals surface area contributed by atoms with Gasteiger partial charge in [-0.15, -0.1) is 0 Å². The highest BCUT2D eigenvalue weighted by atomic mass is 16.5. The molecule has 0 spiro atoms. The third kappa shape index (κ3) is 3.01. The third-order valence-corrected chi connectivity index (χ3v) is 4.29. The Labute approximate surface area is 121 Å². The van der Waals surface area contributed by atoms with Crippen LogP contribution in [0.15, 0.2) is 0 Å². The molecule has 0 amide bonds. The minimum Gasteiger partial charge on any atom is -0.465 e. The van der Waals surface area contributed by atoms with E-state index in [2.05, 4.69) is 40.7 Å². The van der Waals surface area contributed by atoms with Crippen molar-refractivity contribution in [3.8, 4) is 6.07 Å². The molecule has 3 heteroatoms. The molecule has 0 aromatic heterocycles. The van der Waals surface area contributed by atoms with Crippen LogP contribution in [-0.4, -0.2) is 12.6 Å². The number of nitriles is 1. The lowest BCUT2D eigenvalue weighted by Gasteiger charge is -2.20. The molecule has 0 saturated heterocycles. The first-order valence-electron chi connectivity index (χ1n) is 6.97. The summed E-state index contributed by atoms with van der Waals surface area (Å²) in [5.74, 6) is -1.15. The molecule has 1 rings (SSSR count). The number of ether oxygens (including phenoxy) is 1. The summed E-state index contributed by atoms with van der Waals surface area (Å²) in [6.07, 6.45) is 0.426. The average Bonchev–Trinajstić information content (AvgIpc) is 2.43. The molecule has 108 valence electrons. The highest BCUT2D eigenvalue weighted by Gasteiger charge is 2.23. The molecule has 20 heavy (non-hydrogen) atoms. The Kier molecular flexibility index (Phi) is 5.33. The van der Waals surface area contributed by atoms with Gasteiger partial charge in [0.2, 0.25) is 0 Å². The summed E-state index contributed by atoms with van der Waals surface area (Å²) in [7, 11) is 0. The number of rotatable bonds is 4. The van der Waals surface area contributed by atoms with Gasteiger partial charge in [0.25, 0.3) is 0 Å². The third-order valence-electron chi connectivity index (χ3n) is 4.29. The Hall–Kier alpha value is -1.82. The van der Waals surface area contributed by atoms with Crippen molar-refractivity contribution < 1.29 is 9.53 Å². The Balaban J connectivity index is 3.22. The van der Waals surface area contributed by atoms with Gasteiger partial charge in [-0.3, -0.25) is 4.79 Å². The van der Waals surface area contributed by atoms with Gasteiger partial charge in [0.1, 0.15) is 5.92 Å². The van der Waals surface area contributed by atoms with Crippen LogP contribution in [-0.2, 0) is 16.0 Å². The van der Waals surface area contributed by atoms with Crippen molar-refractivity contribution in [2.24, 2.45) is 5.92 Å². The predicted molar refractivity (Wildman–Crippen MR) is 79.6 cm³/mol. The van der Waals surface area contributed by atoms with E-state index in [0.717, 1.165) is 5.56 Å². The van der Waals surface area contributed by atoms with Crippen LogP contribution in [0.25, 0.3) is 0 Å². The maximum absolute atomic E-state index is 11.8. The second-order valence-electron chi connectivity index (χ2n) is 5.24. The summed E-state index contributed by atoms with van der Waals surface area (Å²) in [4.78, 5) is 11.8. The lowest BCUT2D eigenvalue weighted by Crippen LogP contribution is -2.20. The lowest BCUT2D eigenvalue weighted by atomic mass is 9.85. The van der Waals surface area contributed by atoms with Gasteiger partial charge >= 0.3 is 5.97 Å². The first kappa shape index (κ1) is 16.2. The standard InChI is InChI=1S/C17H23NO2/c1-7-20-17(19)15(9-18)8-16-13(5)11(3)10(2)12(4)14(16)6/h15H,7-8H2,1-6H3/t15-/m0/s1. The second kappa shape index (κ2) is 6.56. The van der Waals surface area contributed by atoms with Gasteiger partial charge in [-0.2, -0.15) is 5.26 Å². The van der Waals surface area contributed by atoms with Crippen LogP contribution in [0.4, 0.5) is 0 Å². The minimum absolute atomic E-state index is 0.306. The molecule has 0 heterocycles. The zero-order valence-corrected chi connectivity index (χ0v) is 13.3. The number of carbonyl (C=O) groups is 1. The molecule has 3 nitrogen and oxygen atoms in total. The van der Waals surface area contributed by atoms with Crippen molar-refractivity contribution >= 4 is 5.97 Å². The van der Waals surface area contributed by atoms with Crippen molar-refractivity contribution in [2.45, 2.75) is 48.0 Å². The summed E-state index contributed by atoms with van der Waals surface area (Å²) in [5.41, 5.74) is 7.22. The maximum atomic E-state index is 11.8. The van der Waals surface area contributed by atoms with Crippen molar-refractivity contribution in [1.82, 2.24) is 0 Å². The van der Waals surface area contributed by atoms with E-state index in [4.69, 9.17) is 4.74 Å². The minimum atomic E-state index is -0.728. The second-order valence-corrected chi connectivity index (χ2v) is 5.24. The van der Waals surface area contributed by atoms with Crippen LogP contribution in [0.1, 0.15) is 40.3 Å². The van der Waals surface area contributed by atoms with Crippen LogP contribution < -0.4 is 0 Å². The first-order valence-corrected chi connectivity index (χ1v) is 6.97. The fourth-order valence-electron chi connectivity index (χ4n) is 2.51. The van der Waals surface area contributed by atoms with E-state index >= 15 is 0 Å². The summed E-state index contributed by atoms with van der Waals surface area (Å²) in [6, 6.07) is 2.07. The molecule has 0 N–H and O–H groups in total. The Morgan fingerprint density at radius 1 is 1.05 bits per heavy atom. The smallest absolute Gasteiger partial charge is 0.323 e. The Morgan fingerprint density at radius 3 is 1.90 bits per heavy atom. The molecule has 0 aliphatic heterocycles. The van der Waals surface area contributed by atoms with Crippen LogP contribution in [0.5, 0.6) is 0 Å². The molecule has 1 aromatic rings. The Morgan fingerprint density at radius 2 is 1.50 bits per heavy atom. The highest BCUT2D eigenvalue weighted by Crippen LogP contribution is 2.28. The molecule has 0 fully saturated rings. The lowest BCUT2D eigenvalue weighted by molar-refractivity contribution is -0.145. The SMILES string of the molecule is CCOC(=O)[C@H](C#N)Cc1c(C)c(C)c(C)c(C)c1C. The maximum Gasteiger partial charge on any atom is 0.323 e. The van der Waals surface area contributed by atoms with Crippen LogP contribution in [0, 0.1) is 51.9 Å². The number of hydrogen-bond donors (Lipinski definition) is 0. The van der Waals surface area contributed by atoms with Gasteiger partial charge in [0.15, 0.2) is 0 Å². The van der Waals surface area contributed by atoms with E-state index in [-0.39, 0.29) is 0 Å². The fraction of sp³-hybridized carbons (Fsp3) is 0.529. The molecule has 0 unspecified atom stereocenters. The van der Waals surface area contributed by atoms with Crippen LogP contribution in [0.2, 0.25) is 0 Å². The molecule has 1 atom stereocenters. The van der Waals surface area contributed by atoms with Crippen molar-refractivity contribution in [3.05, 3.63) is 33.4 Å². The number of esters is 1. The molecule has 0 saturated carbocycles. The fourth-order valence-corrected chi connectivity index (χ4v) is 2.51.